The Morgan fingerprint density at radius 3 is 2.28 bits per heavy atom. The van der Waals surface area contributed by atoms with E-state index in [1.807, 2.05) is 0 Å². The summed E-state index contributed by atoms with van der Waals surface area (Å²) in [5, 5.41) is 12.1. The van der Waals surface area contributed by atoms with Crippen LogP contribution < -0.4 is 5.32 Å². The minimum atomic E-state index is -5.94. The van der Waals surface area contributed by atoms with Gasteiger partial charge in [0.05, 0.1) is 0 Å². The normalized spacial score (nSPS) is 34.8. The van der Waals surface area contributed by atoms with Crippen LogP contribution in [0.3, 0.4) is 0 Å². The monoisotopic (exact) mass is 534 g/mol. The van der Waals surface area contributed by atoms with E-state index in [1.165, 1.54) is 0 Å². The maximum absolute atomic E-state index is 15.1. The Morgan fingerprint density at radius 1 is 1.19 bits per heavy atom. The number of amides is 1. The summed E-state index contributed by atoms with van der Waals surface area (Å²) in [4.78, 5) is 47.1. The molecule has 0 aromatic heterocycles. The third kappa shape index (κ3) is 6.05. The molecule has 6 N–H and O–H groups in total. The molecular weight excluding hydrogens is 518 g/mol. The molecule has 0 radical (unpaired) electrons. The number of nitrogens with one attached hydrogen (secondary N) is 1. The lowest BCUT2D eigenvalue weighted by molar-refractivity contribution is -0.207. The Hall–Kier alpha value is -1.13. The molecule has 0 aliphatic carbocycles. The molecule has 21 heteroatoms. The van der Waals surface area contributed by atoms with Crippen LogP contribution in [0.2, 0.25) is 0 Å². The first-order valence-corrected chi connectivity index (χ1v) is 12.4. The van der Waals surface area contributed by atoms with Gasteiger partial charge in [0.25, 0.3) is 11.8 Å². The molecule has 3 unspecified atom stereocenters. The van der Waals surface area contributed by atoms with Crippen LogP contribution in [0.4, 0.5) is 13.2 Å². The number of ether oxygens (including phenoxy) is 1. The molecular formula is C11H16F3N2O13P3. The predicted molar refractivity (Wildman–Crippen MR) is 92.6 cm³/mol. The fraction of sp³-hybridized carbons (Fsp3) is 0.545. The van der Waals surface area contributed by atoms with Gasteiger partial charge in [0.1, 0.15) is 19.1 Å². The van der Waals surface area contributed by atoms with E-state index in [9.17, 15) is 32.9 Å². The molecule has 0 spiro atoms. The number of nitrogens with zero attached hydrogens (tertiary/aromatic N) is 1. The number of phosphoric ester groups is 1. The number of phosphoric acid groups is 3. The van der Waals surface area contributed by atoms with Crippen molar-refractivity contribution in [3.63, 3.8) is 0 Å². The molecule has 2 heterocycles. The Labute approximate surface area is 176 Å². The summed E-state index contributed by atoms with van der Waals surface area (Å²) in [5.41, 5.74) is -3.55. The van der Waals surface area contributed by atoms with Gasteiger partial charge in [0.2, 0.25) is 5.67 Å². The summed E-state index contributed by atoms with van der Waals surface area (Å²) >= 11 is 0. The number of hydrogen-bond donors (Lipinski definition) is 6. The van der Waals surface area contributed by atoms with Crippen molar-refractivity contribution >= 4 is 29.4 Å². The van der Waals surface area contributed by atoms with E-state index >= 15 is 8.78 Å². The number of halogens is 3. The number of aliphatic hydroxyl groups is 1. The molecule has 1 fully saturated rings. The molecule has 184 valence electrons. The molecule has 1 amide bonds. The van der Waals surface area contributed by atoms with E-state index < -0.39 is 72.3 Å². The molecule has 6 atom stereocenters. The largest absolute Gasteiger partial charge is 0.490 e. The van der Waals surface area contributed by atoms with Crippen LogP contribution in [0.25, 0.3) is 0 Å². The molecule has 0 bridgehead atoms. The maximum Gasteiger partial charge on any atom is 0.490 e. The van der Waals surface area contributed by atoms with Crippen LogP contribution in [0.1, 0.15) is 0 Å². The van der Waals surface area contributed by atoms with Gasteiger partial charge in [0.15, 0.2) is 12.3 Å². The zero-order valence-corrected chi connectivity index (χ0v) is 18.0. The molecule has 0 aromatic rings. The zero-order valence-electron chi connectivity index (χ0n) is 15.4. The minimum Gasteiger partial charge on any atom is -0.383 e. The van der Waals surface area contributed by atoms with Gasteiger partial charge in [-0.25, -0.2) is 26.9 Å². The highest BCUT2D eigenvalue weighted by Gasteiger charge is 2.68. The fourth-order valence-corrected chi connectivity index (χ4v) is 5.59. The number of aliphatic hydroxyl groups excluding tert-OH is 1. The van der Waals surface area contributed by atoms with Crippen LogP contribution in [0.5, 0.6) is 0 Å². The van der Waals surface area contributed by atoms with Crippen molar-refractivity contribution in [2.45, 2.75) is 23.9 Å². The molecule has 15 nitrogen and oxygen atoms in total. The van der Waals surface area contributed by atoms with Gasteiger partial charge in [-0.05, 0) is 0 Å². The Bertz CT molecular complexity index is 961. The summed E-state index contributed by atoms with van der Waals surface area (Å²) in [6, 6.07) is 0. The molecule has 2 aliphatic rings. The maximum atomic E-state index is 15.1. The number of hydrogen-bond acceptors (Lipinski definition) is 10. The first-order chi connectivity index (χ1) is 14.3. The van der Waals surface area contributed by atoms with Crippen LogP contribution in [0, 0.1) is 0 Å². The van der Waals surface area contributed by atoms with Crippen molar-refractivity contribution in [1.29, 1.82) is 0 Å². The van der Waals surface area contributed by atoms with E-state index in [0.29, 0.717) is 4.90 Å². The lowest BCUT2D eigenvalue weighted by atomic mass is 9.96. The van der Waals surface area contributed by atoms with Gasteiger partial charge in [-0.3, -0.25) is 9.32 Å². The first kappa shape index (κ1) is 27.1. The average molecular weight is 534 g/mol. The zero-order chi connectivity index (χ0) is 24.8. The number of carbonyl (C=O) groups is 1. The Morgan fingerprint density at radius 2 is 1.78 bits per heavy atom. The van der Waals surface area contributed by atoms with Gasteiger partial charge in [-0.1, -0.05) is 6.58 Å². The third-order valence-corrected chi connectivity index (χ3v) is 7.63. The fourth-order valence-electron chi connectivity index (χ4n) is 2.56. The Kier molecular flexibility index (Phi) is 7.55. The van der Waals surface area contributed by atoms with E-state index in [1.54, 1.807) is 0 Å². The van der Waals surface area contributed by atoms with Crippen LogP contribution >= 0.6 is 23.5 Å². The topological polar surface area (TPSA) is 222 Å². The quantitative estimate of drug-likeness (QED) is 0.211. The SMILES string of the molecule is C=C1NC(=O)C=CN1[C@@H]1O[C@](F)(COP(=O)(O)OP(=O)(O)OP(=O)(O)O)[C@H](O)C1(F)CF. The lowest BCUT2D eigenvalue weighted by Gasteiger charge is -2.35. The second-order valence-electron chi connectivity index (χ2n) is 6.24. The summed E-state index contributed by atoms with van der Waals surface area (Å²) < 4.78 is 92.6. The van der Waals surface area contributed by atoms with Crippen LogP contribution in [0.15, 0.2) is 24.7 Å². The first-order valence-electron chi connectivity index (χ1n) is 7.89. The standard InChI is InChI=1S/C11H16F3N2O13P3/c1-6-15-7(17)2-3-16(6)9-10(13,4-12)8(18)11(14,27-9)5-26-31(22,23)29-32(24,25)28-30(19,20)21/h2-3,8-9,18H,1,4-5H2,(H,15,17)(H,22,23)(H,24,25)(H2,19,20,21)/t8-,9-,10?,11-/m1/s1. The van der Waals surface area contributed by atoms with E-state index in [2.05, 4.69) is 29.8 Å². The average Bonchev–Trinajstić information content (AvgIpc) is 2.80. The second kappa shape index (κ2) is 8.91. The van der Waals surface area contributed by atoms with Crippen LogP contribution in [-0.2, 0) is 36.4 Å². The molecule has 0 saturated carbocycles. The highest BCUT2D eigenvalue weighted by molar-refractivity contribution is 7.66. The van der Waals surface area contributed by atoms with Crippen molar-refractivity contribution in [2.24, 2.45) is 0 Å². The third-order valence-electron chi connectivity index (χ3n) is 3.84. The van der Waals surface area contributed by atoms with Gasteiger partial charge in [-0.2, -0.15) is 8.62 Å². The second-order valence-corrected chi connectivity index (χ2v) is 10.7. The van der Waals surface area contributed by atoms with Gasteiger partial charge in [-0.15, -0.1) is 0 Å². The highest BCUT2D eigenvalue weighted by atomic mass is 31.3. The van der Waals surface area contributed by atoms with Crippen molar-refractivity contribution in [2.75, 3.05) is 13.3 Å². The highest BCUT2D eigenvalue weighted by Crippen LogP contribution is 2.66. The Balaban J connectivity index is 2.21. The molecule has 32 heavy (non-hydrogen) atoms. The minimum absolute atomic E-state index is 0.415. The molecule has 0 aromatic carbocycles. The number of rotatable bonds is 9. The van der Waals surface area contributed by atoms with Crippen molar-refractivity contribution in [3.8, 4) is 0 Å². The molecule has 1 saturated heterocycles. The molecule has 2 aliphatic heterocycles. The van der Waals surface area contributed by atoms with E-state index in [4.69, 9.17) is 14.7 Å². The summed E-state index contributed by atoms with van der Waals surface area (Å²) in [5.74, 6) is -4.93. The lowest BCUT2D eigenvalue weighted by Crippen LogP contribution is -2.55. The summed E-state index contributed by atoms with van der Waals surface area (Å²) in [6.45, 7) is -0.669. The smallest absolute Gasteiger partial charge is 0.383 e. The van der Waals surface area contributed by atoms with Crippen molar-refractivity contribution < 1.29 is 74.2 Å². The predicted octanol–water partition coefficient (Wildman–Crippen LogP) is -0.193. The van der Waals surface area contributed by atoms with E-state index in [-0.39, 0.29) is 0 Å². The van der Waals surface area contributed by atoms with Gasteiger partial charge in [0, 0.05) is 12.3 Å². The van der Waals surface area contributed by atoms with Crippen molar-refractivity contribution in [1.82, 2.24) is 10.2 Å². The molecule has 2 rings (SSSR count). The van der Waals surface area contributed by atoms with Gasteiger partial charge < -0.3 is 39.6 Å². The van der Waals surface area contributed by atoms with Crippen molar-refractivity contribution in [3.05, 3.63) is 24.7 Å². The van der Waals surface area contributed by atoms with Crippen LogP contribution in [-0.4, -0.2) is 72.6 Å². The van der Waals surface area contributed by atoms with Gasteiger partial charge >= 0.3 is 23.5 Å². The number of carbonyl (C=O) groups excluding carboxylic acids is 1. The summed E-state index contributed by atoms with van der Waals surface area (Å²) in [6.07, 6.45) is -3.75. The summed E-state index contributed by atoms with van der Waals surface area (Å²) in [7, 11) is -17.5. The number of alkyl halides is 3. The van der Waals surface area contributed by atoms with E-state index in [0.717, 1.165) is 12.3 Å².